The number of carbonyl (C=O) groups excluding carboxylic acids is 2. The lowest BCUT2D eigenvalue weighted by Crippen LogP contribution is -2.47. The monoisotopic (exact) mass is 394 g/mol. The third kappa shape index (κ3) is 4.19. The molecule has 0 unspecified atom stereocenters. The van der Waals surface area contributed by atoms with Gasteiger partial charge in [-0.25, -0.2) is 4.39 Å². The normalized spacial score (nSPS) is 18.5. The number of nitrogens with zero attached hydrogens (tertiary/aromatic N) is 2. The Kier molecular flexibility index (Phi) is 5.39. The van der Waals surface area contributed by atoms with Crippen LogP contribution in [0.1, 0.15) is 36.0 Å². The van der Waals surface area contributed by atoms with Crippen LogP contribution in [-0.2, 0) is 22.6 Å². The van der Waals surface area contributed by atoms with Gasteiger partial charge >= 0.3 is 0 Å². The van der Waals surface area contributed by atoms with Gasteiger partial charge in [-0.1, -0.05) is 42.0 Å². The molecule has 2 aromatic rings. The van der Waals surface area contributed by atoms with Crippen molar-refractivity contribution in [2.24, 2.45) is 5.41 Å². The highest BCUT2D eigenvalue weighted by atomic mass is 19.1. The van der Waals surface area contributed by atoms with Crippen LogP contribution in [0.5, 0.6) is 0 Å². The molecule has 0 radical (unpaired) electrons. The first-order chi connectivity index (χ1) is 13.9. The number of halogens is 1. The van der Waals surface area contributed by atoms with Crippen LogP contribution in [0.2, 0.25) is 0 Å². The first-order valence-electron chi connectivity index (χ1n) is 10.3. The van der Waals surface area contributed by atoms with Gasteiger partial charge in [0.2, 0.25) is 11.8 Å². The lowest BCUT2D eigenvalue weighted by molar-refractivity contribution is -0.142. The average Bonchev–Trinajstić information content (AvgIpc) is 2.98. The maximum atomic E-state index is 13.4. The summed E-state index contributed by atoms with van der Waals surface area (Å²) in [5.41, 5.74) is 2.74. The molecule has 2 saturated heterocycles. The van der Waals surface area contributed by atoms with E-state index in [0.717, 1.165) is 18.5 Å². The standard InChI is InChI=1S/C24H27FN2O2/c1-18-4-2-6-20(14-18)17-27-13-10-24(23(27)29)8-11-26(12-9-24)22(28)16-19-5-3-7-21(25)15-19/h2-7,14-15H,8-13,16-17H2,1H3. The summed E-state index contributed by atoms with van der Waals surface area (Å²) in [6.45, 7) is 4.69. The molecule has 2 aromatic carbocycles. The minimum absolute atomic E-state index is 0.00696. The van der Waals surface area contributed by atoms with Crippen LogP contribution < -0.4 is 0 Å². The zero-order valence-electron chi connectivity index (χ0n) is 16.9. The predicted molar refractivity (Wildman–Crippen MR) is 110 cm³/mol. The zero-order valence-corrected chi connectivity index (χ0v) is 16.9. The number of rotatable bonds is 4. The molecule has 5 heteroatoms. The molecule has 152 valence electrons. The first-order valence-corrected chi connectivity index (χ1v) is 10.3. The van der Waals surface area contributed by atoms with E-state index in [2.05, 4.69) is 25.1 Å². The summed E-state index contributed by atoms with van der Waals surface area (Å²) in [5, 5.41) is 0. The highest BCUT2D eigenvalue weighted by Crippen LogP contribution is 2.42. The van der Waals surface area contributed by atoms with Crippen molar-refractivity contribution in [2.45, 2.75) is 39.2 Å². The van der Waals surface area contributed by atoms with Crippen molar-refractivity contribution < 1.29 is 14.0 Å². The molecule has 0 atom stereocenters. The molecule has 4 rings (SSSR count). The lowest BCUT2D eigenvalue weighted by Gasteiger charge is -2.38. The molecule has 4 nitrogen and oxygen atoms in total. The van der Waals surface area contributed by atoms with Gasteiger partial charge in [0, 0.05) is 26.2 Å². The minimum atomic E-state index is -0.321. The molecule has 29 heavy (non-hydrogen) atoms. The van der Waals surface area contributed by atoms with Gasteiger partial charge in [-0.15, -0.1) is 0 Å². The molecular formula is C24H27FN2O2. The Balaban J connectivity index is 1.35. The molecular weight excluding hydrogens is 367 g/mol. The van der Waals surface area contributed by atoms with Crippen molar-refractivity contribution in [3.05, 3.63) is 71.0 Å². The van der Waals surface area contributed by atoms with Gasteiger partial charge in [-0.05, 0) is 49.4 Å². The molecule has 0 aromatic heterocycles. The molecule has 2 amide bonds. The summed E-state index contributed by atoms with van der Waals surface area (Å²) in [7, 11) is 0. The minimum Gasteiger partial charge on any atom is -0.342 e. The third-order valence-corrected chi connectivity index (χ3v) is 6.37. The number of hydrogen-bond donors (Lipinski definition) is 0. The van der Waals surface area contributed by atoms with Gasteiger partial charge in [0.15, 0.2) is 0 Å². The quantitative estimate of drug-likeness (QED) is 0.793. The fourth-order valence-corrected chi connectivity index (χ4v) is 4.66. The Morgan fingerprint density at radius 2 is 1.69 bits per heavy atom. The fraction of sp³-hybridized carbons (Fsp3) is 0.417. The van der Waals surface area contributed by atoms with Gasteiger partial charge in [-0.2, -0.15) is 0 Å². The number of benzene rings is 2. The predicted octanol–water partition coefficient (Wildman–Crippen LogP) is 3.72. The largest absolute Gasteiger partial charge is 0.342 e. The van der Waals surface area contributed by atoms with E-state index >= 15 is 0 Å². The van der Waals surface area contributed by atoms with Crippen LogP contribution in [0.4, 0.5) is 4.39 Å². The second-order valence-corrected chi connectivity index (χ2v) is 8.43. The van der Waals surface area contributed by atoms with Crippen LogP contribution in [0.3, 0.4) is 0 Å². The molecule has 2 aliphatic rings. The summed E-state index contributed by atoms with van der Waals surface area (Å²) < 4.78 is 13.4. The summed E-state index contributed by atoms with van der Waals surface area (Å²) in [4.78, 5) is 29.6. The van der Waals surface area contributed by atoms with Crippen LogP contribution in [0.25, 0.3) is 0 Å². The second kappa shape index (κ2) is 7.97. The van der Waals surface area contributed by atoms with Crippen LogP contribution in [0.15, 0.2) is 48.5 Å². The summed E-state index contributed by atoms with van der Waals surface area (Å²) in [6, 6.07) is 14.5. The van der Waals surface area contributed by atoms with Crippen molar-refractivity contribution in [1.82, 2.24) is 9.80 Å². The van der Waals surface area contributed by atoms with E-state index in [1.165, 1.54) is 17.7 Å². The number of aryl methyl sites for hydroxylation is 1. The smallest absolute Gasteiger partial charge is 0.229 e. The number of carbonyl (C=O) groups is 2. The highest BCUT2D eigenvalue weighted by molar-refractivity contribution is 5.85. The van der Waals surface area contributed by atoms with Crippen LogP contribution in [-0.4, -0.2) is 41.2 Å². The molecule has 1 spiro atoms. The molecule has 2 aliphatic heterocycles. The Morgan fingerprint density at radius 3 is 2.41 bits per heavy atom. The summed E-state index contributed by atoms with van der Waals surface area (Å²) >= 11 is 0. The zero-order chi connectivity index (χ0) is 20.4. The number of piperidine rings is 1. The Labute approximate surface area is 171 Å². The Bertz CT molecular complexity index is 919. The van der Waals surface area contributed by atoms with E-state index in [1.807, 2.05) is 15.9 Å². The number of hydrogen-bond acceptors (Lipinski definition) is 2. The van der Waals surface area contributed by atoms with Crippen molar-refractivity contribution in [1.29, 1.82) is 0 Å². The number of likely N-dealkylation sites (tertiary alicyclic amines) is 2. The summed E-state index contributed by atoms with van der Waals surface area (Å²) in [5.74, 6) is -0.0816. The number of amides is 2. The van der Waals surface area contributed by atoms with Crippen LogP contribution in [0, 0.1) is 18.2 Å². The van der Waals surface area contributed by atoms with Gasteiger partial charge in [0.05, 0.1) is 11.8 Å². The van der Waals surface area contributed by atoms with E-state index in [0.29, 0.717) is 38.0 Å². The molecule has 0 bridgehead atoms. The molecule has 2 fully saturated rings. The maximum Gasteiger partial charge on any atom is 0.229 e. The van der Waals surface area contributed by atoms with Gasteiger partial charge in [-0.3, -0.25) is 9.59 Å². The molecule has 2 heterocycles. The van der Waals surface area contributed by atoms with E-state index in [9.17, 15) is 14.0 Å². The topological polar surface area (TPSA) is 40.6 Å². The molecule has 0 aliphatic carbocycles. The SMILES string of the molecule is Cc1cccc(CN2CCC3(CCN(C(=O)Cc4cccc(F)c4)CC3)C2=O)c1. The van der Waals surface area contributed by atoms with E-state index in [4.69, 9.17) is 0 Å². The highest BCUT2D eigenvalue weighted by Gasteiger charge is 2.48. The maximum absolute atomic E-state index is 13.4. The van der Waals surface area contributed by atoms with E-state index in [1.54, 1.807) is 12.1 Å². The van der Waals surface area contributed by atoms with Crippen molar-refractivity contribution in [3.8, 4) is 0 Å². The molecule has 0 saturated carbocycles. The van der Waals surface area contributed by atoms with Crippen molar-refractivity contribution in [2.75, 3.05) is 19.6 Å². The fourth-order valence-electron chi connectivity index (χ4n) is 4.66. The Hall–Kier alpha value is -2.69. The van der Waals surface area contributed by atoms with Crippen molar-refractivity contribution >= 4 is 11.8 Å². The van der Waals surface area contributed by atoms with E-state index < -0.39 is 0 Å². The first kappa shape index (κ1) is 19.6. The average molecular weight is 394 g/mol. The molecule has 0 N–H and O–H groups in total. The van der Waals surface area contributed by atoms with Gasteiger partial charge < -0.3 is 9.80 Å². The van der Waals surface area contributed by atoms with Gasteiger partial charge in [0.1, 0.15) is 5.82 Å². The third-order valence-electron chi connectivity index (χ3n) is 6.37. The Morgan fingerprint density at radius 1 is 1.00 bits per heavy atom. The lowest BCUT2D eigenvalue weighted by atomic mass is 9.77. The second-order valence-electron chi connectivity index (χ2n) is 8.43. The summed E-state index contributed by atoms with van der Waals surface area (Å²) in [6.07, 6.45) is 2.50. The van der Waals surface area contributed by atoms with Crippen LogP contribution >= 0.6 is 0 Å². The van der Waals surface area contributed by atoms with E-state index in [-0.39, 0.29) is 29.5 Å². The van der Waals surface area contributed by atoms with Gasteiger partial charge in [0.25, 0.3) is 0 Å². The van der Waals surface area contributed by atoms with Crippen molar-refractivity contribution in [3.63, 3.8) is 0 Å².